The van der Waals surface area contributed by atoms with Gasteiger partial charge < -0.3 is 15.4 Å². The Kier molecular flexibility index (Phi) is 7.08. The molecule has 0 unspecified atom stereocenters. The molecular formula is C23H22N6O3S. The van der Waals surface area contributed by atoms with Gasteiger partial charge in [-0.25, -0.2) is 13.1 Å². The molecule has 0 aliphatic heterocycles. The van der Waals surface area contributed by atoms with E-state index in [4.69, 9.17) is 4.74 Å². The normalized spacial score (nSPS) is 11.0. The quantitative estimate of drug-likeness (QED) is 0.305. The maximum Gasteiger partial charge on any atom is 0.240 e. The van der Waals surface area contributed by atoms with E-state index in [9.17, 15) is 8.42 Å². The van der Waals surface area contributed by atoms with Crippen LogP contribution in [0.1, 0.15) is 0 Å². The van der Waals surface area contributed by atoms with Crippen LogP contribution in [0.3, 0.4) is 0 Å². The van der Waals surface area contributed by atoms with Gasteiger partial charge in [0.15, 0.2) is 5.82 Å². The molecule has 0 spiro atoms. The minimum absolute atomic E-state index is 0.161. The van der Waals surface area contributed by atoms with Gasteiger partial charge in [-0.05, 0) is 60.7 Å². The molecule has 0 amide bonds. The Hall–Kier alpha value is -4.02. The van der Waals surface area contributed by atoms with Gasteiger partial charge in [0.1, 0.15) is 17.3 Å². The number of ether oxygens (including phenoxy) is 1. The smallest absolute Gasteiger partial charge is 0.240 e. The molecule has 10 heteroatoms. The van der Waals surface area contributed by atoms with Crippen molar-refractivity contribution in [2.75, 3.05) is 23.7 Å². The highest BCUT2D eigenvalue weighted by Gasteiger charge is 2.13. The first-order valence-electron chi connectivity index (χ1n) is 10.2. The highest BCUT2D eigenvalue weighted by molar-refractivity contribution is 7.89. The molecule has 0 saturated heterocycles. The minimum Gasteiger partial charge on any atom is -0.457 e. The summed E-state index contributed by atoms with van der Waals surface area (Å²) in [6.07, 6.45) is 3.37. The first kappa shape index (κ1) is 22.2. The molecular weight excluding hydrogens is 440 g/mol. The van der Waals surface area contributed by atoms with Gasteiger partial charge in [0.2, 0.25) is 10.0 Å². The number of pyridine rings is 1. The summed E-state index contributed by atoms with van der Waals surface area (Å²) in [7, 11) is -3.64. The molecule has 4 aromatic rings. The lowest BCUT2D eigenvalue weighted by atomic mass is 10.3. The number of sulfonamides is 1. The highest BCUT2D eigenvalue weighted by atomic mass is 32.2. The van der Waals surface area contributed by atoms with E-state index in [2.05, 4.69) is 30.5 Å². The molecule has 0 aliphatic carbocycles. The van der Waals surface area contributed by atoms with E-state index < -0.39 is 10.0 Å². The largest absolute Gasteiger partial charge is 0.457 e. The van der Waals surface area contributed by atoms with E-state index in [0.717, 1.165) is 5.69 Å². The van der Waals surface area contributed by atoms with Crippen LogP contribution in [0, 0.1) is 0 Å². The van der Waals surface area contributed by atoms with Gasteiger partial charge in [-0.3, -0.25) is 4.98 Å². The maximum atomic E-state index is 12.5. The summed E-state index contributed by atoms with van der Waals surface area (Å²) >= 11 is 0. The van der Waals surface area contributed by atoms with Crippen LogP contribution in [0.4, 0.5) is 17.3 Å². The van der Waals surface area contributed by atoms with Crippen LogP contribution in [-0.4, -0.2) is 36.7 Å². The van der Waals surface area contributed by atoms with Crippen LogP contribution < -0.4 is 20.1 Å². The molecule has 3 N–H and O–H groups in total. The topological polar surface area (TPSA) is 118 Å². The van der Waals surface area contributed by atoms with Crippen LogP contribution >= 0.6 is 0 Å². The van der Waals surface area contributed by atoms with E-state index in [-0.39, 0.29) is 11.4 Å². The summed E-state index contributed by atoms with van der Waals surface area (Å²) in [5, 5.41) is 14.3. The van der Waals surface area contributed by atoms with Gasteiger partial charge in [-0.1, -0.05) is 18.2 Å². The number of nitrogens with zero attached hydrogens (tertiary/aromatic N) is 3. The van der Waals surface area contributed by atoms with Crippen molar-refractivity contribution in [3.05, 3.63) is 91.3 Å². The highest BCUT2D eigenvalue weighted by Crippen LogP contribution is 2.22. The fraction of sp³-hybridized carbons (Fsp3) is 0.0870. The summed E-state index contributed by atoms with van der Waals surface area (Å²) in [5.74, 6) is 2.35. The van der Waals surface area contributed by atoms with E-state index >= 15 is 0 Å². The lowest BCUT2D eigenvalue weighted by Gasteiger charge is -2.10. The Labute approximate surface area is 191 Å². The second-order valence-corrected chi connectivity index (χ2v) is 8.65. The predicted molar refractivity (Wildman–Crippen MR) is 126 cm³/mol. The predicted octanol–water partition coefficient (Wildman–Crippen LogP) is 3.80. The van der Waals surface area contributed by atoms with Crippen LogP contribution in [0.2, 0.25) is 0 Å². The van der Waals surface area contributed by atoms with E-state index in [1.165, 1.54) is 12.1 Å². The van der Waals surface area contributed by atoms with Crippen LogP contribution in [0.25, 0.3) is 0 Å². The van der Waals surface area contributed by atoms with Crippen molar-refractivity contribution in [3.63, 3.8) is 0 Å². The molecule has 33 heavy (non-hydrogen) atoms. The summed E-state index contributed by atoms with van der Waals surface area (Å²) in [4.78, 5) is 4.19. The fourth-order valence-corrected chi connectivity index (χ4v) is 3.88. The molecule has 0 fully saturated rings. The number of aromatic nitrogens is 3. The van der Waals surface area contributed by atoms with Gasteiger partial charge in [0.25, 0.3) is 0 Å². The lowest BCUT2D eigenvalue weighted by molar-refractivity contribution is 0.482. The SMILES string of the molecule is O=S(=O)(NCCNc1ccc(Nc2cccnc2)nn1)c1ccc(Oc2ccccc2)cc1. The Morgan fingerprint density at radius 3 is 2.18 bits per heavy atom. The Morgan fingerprint density at radius 2 is 1.48 bits per heavy atom. The monoisotopic (exact) mass is 462 g/mol. The van der Waals surface area contributed by atoms with Crippen LogP contribution in [0.5, 0.6) is 11.5 Å². The Morgan fingerprint density at radius 1 is 0.758 bits per heavy atom. The van der Waals surface area contributed by atoms with E-state index in [1.807, 2.05) is 42.5 Å². The molecule has 0 atom stereocenters. The van der Waals surface area contributed by atoms with Crippen molar-refractivity contribution in [1.29, 1.82) is 0 Å². The summed E-state index contributed by atoms with van der Waals surface area (Å²) in [5.41, 5.74) is 0.807. The average molecular weight is 463 g/mol. The van der Waals surface area contributed by atoms with Crippen molar-refractivity contribution in [2.24, 2.45) is 0 Å². The zero-order chi connectivity index (χ0) is 22.9. The zero-order valence-electron chi connectivity index (χ0n) is 17.5. The molecule has 0 bridgehead atoms. The molecule has 9 nitrogen and oxygen atoms in total. The van der Waals surface area contributed by atoms with Crippen LogP contribution in [-0.2, 0) is 10.0 Å². The minimum atomic E-state index is -3.64. The summed E-state index contributed by atoms with van der Waals surface area (Å²) < 4.78 is 33.3. The first-order valence-corrected chi connectivity index (χ1v) is 11.6. The second-order valence-electron chi connectivity index (χ2n) is 6.88. The Balaban J connectivity index is 1.24. The molecule has 0 aliphatic rings. The maximum absolute atomic E-state index is 12.5. The van der Waals surface area contributed by atoms with Gasteiger partial charge >= 0.3 is 0 Å². The van der Waals surface area contributed by atoms with Gasteiger partial charge in [0, 0.05) is 19.3 Å². The number of hydrogen-bond acceptors (Lipinski definition) is 8. The molecule has 0 saturated carbocycles. The molecule has 0 radical (unpaired) electrons. The first-order chi connectivity index (χ1) is 16.1. The number of rotatable bonds is 10. The summed E-state index contributed by atoms with van der Waals surface area (Å²) in [6, 6.07) is 22.8. The van der Waals surface area contributed by atoms with Gasteiger partial charge in [0.05, 0.1) is 16.8 Å². The third kappa shape index (κ3) is 6.48. The van der Waals surface area contributed by atoms with Crippen LogP contribution in [0.15, 0.2) is 96.2 Å². The molecule has 2 aromatic carbocycles. The molecule has 4 rings (SSSR count). The lowest BCUT2D eigenvalue weighted by Crippen LogP contribution is -2.29. The zero-order valence-corrected chi connectivity index (χ0v) is 18.4. The molecule has 2 aromatic heterocycles. The van der Waals surface area contributed by atoms with Crippen molar-refractivity contribution in [2.45, 2.75) is 4.90 Å². The third-order valence-electron chi connectivity index (χ3n) is 4.43. The number of benzene rings is 2. The summed E-state index contributed by atoms with van der Waals surface area (Å²) in [6.45, 7) is 0.528. The average Bonchev–Trinajstić information content (AvgIpc) is 2.85. The fourth-order valence-electron chi connectivity index (χ4n) is 2.85. The molecule has 168 valence electrons. The number of nitrogens with one attached hydrogen (secondary N) is 3. The molecule has 2 heterocycles. The Bertz CT molecular complexity index is 1250. The van der Waals surface area contributed by atoms with E-state index in [1.54, 1.807) is 36.7 Å². The number of para-hydroxylation sites is 1. The number of hydrogen-bond donors (Lipinski definition) is 3. The second kappa shape index (κ2) is 10.5. The van der Waals surface area contributed by atoms with Crippen molar-refractivity contribution in [3.8, 4) is 11.5 Å². The van der Waals surface area contributed by atoms with Crippen molar-refractivity contribution < 1.29 is 13.2 Å². The third-order valence-corrected chi connectivity index (χ3v) is 5.91. The van der Waals surface area contributed by atoms with E-state index in [0.29, 0.717) is 29.7 Å². The van der Waals surface area contributed by atoms with Gasteiger partial charge in [-0.15, -0.1) is 10.2 Å². The van der Waals surface area contributed by atoms with Crippen molar-refractivity contribution in [1.82, 2.24) is 19.9 Å². The van der Waals surface area contributed by atoms with Crippen molar-refractivity contribution >= 4 is 27.3 Å². The van der Waals surface area contributed by atoms with Gasteiger partial charge in [-0.2, -0.15) is 0 Å². The number of anilines is 3. The standard InChI is InChI=1S/C23H22N6O3S/c30-33(31,21-10-8-20(9-11-21)32-19-6-2-1-3-7-19)26-16-15-25-22-12-13-23(29-28-22)27-18-5-4-14-24-17-18/h1-14,17,26H,15-16H2,(H,25,28)(H,27,29).